The molecule has 1 heterocycles. The molecular formula is C25H25F3N4O3S. The van der Waals surface area contributed by atoms with Crippen LogP contribution in [0.1, 0.15) is 6.92 Å². The van der Waals surface area contributed by atoms with E-state index in [1.54, 1.807) is 28.9 Å². The second-order valence-electron chi connectivity index (χ2n) is 8.26. The van der Waals surface area contributed by atoms with Crippen LogP contribution in [-0.2, 0) is 10.0 Å². The number of anilines is 1. The van der Waals surface area contributed by atoms with Crippen molar-refractivity contribution in [2.75, 3.05) is 25.0 Å². The fourth-order valence-electron chi connectivity index (χ4n) is 3.87. The van der Waals surface area contributed by atoms with Crippen molar-refractivity contribution in [1.82, 2.24) is 14.1 Å². The number of halogens is 3. The summed E-state index contributed by atoms with van der Waals surface area (Å²) < 4.78 is 70.5. The highest BCUT2D eigenvalue weighted by Gasteiger charge is 2.55. The predicted molar refractivity (Wildman–Crippen MR) is 131 cm³/mol. The fraction of sp³-hybridized carbons (Fsp3) is 0.240. The first-order chi connectivity index (χ1) is 17.1. The Morgan fingerprint density at radius 2 is 1.61 bits per heavy atom. The minimum Gasteiger partial charge on any atom is -0.381 e. The maximum Gasteiger partial charge on any atom is 0.420 e. The zero-order chi connectivity index (χ0) is 26.0. The van der Waals surface area contributed by atoms with Crippen LogP contribution in [0.5, 0.6) is 0 Å². The molecule has 3 aromatic carbocycles. The number of sulfonamides is 1. The lowest BCUT2D eigenvalue weighted by molar-refractivity contribution is -0.255. The first-order valence-corrected chi connectivity index (χ1v) is 12.6. The number of benzene rings is 3. The zero-order valence-electron chi connectivity index (χ0n) is 19.4. The molecule has 1 aromatic heterocycles. The second-order valence-corrected chi connectivity index (χ2v) is 10.2. The van der Waals surface area contributed by atoms with Gasteiger partial charge in [0.2, 0.25) is 10.0 Å². The third-order valence-electron chi connectivity index (χ3n) is 5.88. The average molecular weight is 519 g/mol. The Balaban J connectivity index is 1.62. The van der Waals surface area contributed by atoms with E-state index in [9.17, 15) is 26.7 Å². The minimum absolute atomic E-state index is 0.151. The molecule has 0 aliphatic carbocycles. The molecule has 7 nitrogen and oxygen atoms in total. The third kappa shape index (κ3) is 4.95. The van der Waals surface area contributed by atoms with Crippen molar-refractivity contribution in [3.8, 4) is 5.69 Å². The Morgan fingerprint density at radius 3 is 2.22 bits per heavy atom. The quantitative estimate of drug-likeness (QED) is 0.342. The van der Waals surface area contributed by atoms with Gasteiger partial charge in [0.05, 0.1) is 35.4 Å². The number of nitrogens with zero attached hydrogens (tertiary/aromatic N) is 3. The SMILES string of the molecule is CCN(CC(O)(CNc1cccc2c1cnn2-c1ccccc1)C(F)(F)F)S(=O)(=O)c1ccccc1. The molecule has 0 saturated carbocycles. The summed E-state index contributed by atoms with van der Waals surface area (Å²) in [6, 6.07) is 21.4. The molecule has 0 bridgehead atoms. The largest absolute Gasteiger partial charge is 0.420 e. The third-order valence-corrected chi connectivity index (χ3v) is 7.82. The number of alkyl halides is 3. The fourth-order valence-corrected chi connectivity index (χ4v) is 5.39. The zero-order valence-corrected chi connectivity index (χ0v) is 20.2. The van der Waals surface area contributed by atoms with Gasteiger partial charge in [0.15, 0.2) is 5.60 Å². The molecule has 0 radical (unpaired) electrons. The molecule has 190 valence electrons. The van der Waals surface area contributed by atoms with Gasteiger partial charge in [-0.15, -0.1) is 0 Å². The highest BCUT2D eigenvalue weighted by molar-refractivity contribution is 7.89. The lowest BCUT2D eigenvalue weighted by atomic mass is 10.0. The van der Waals surface area contributed by atoms with Crippen LogP contribution in [0, 0.1) is 0 Å². The van der Waals surface area contributed by atoms with Gasteiger partial charge in [-0.05, 0) is 36.4 Å². The van der Waals surface area contributed by atoms with E-state index >= 15 is 0 Å². The summed E-state index contributed by atoms with van der Waals surface area (Å²) in [6.45, 7) is -0.970. The highest BCUT2D eigenvalue weighted by Crippen LogP contribution is 2.34. The van der Waals surface area contributed by atoms with Gasteiger partial charge in [-0.3, -0.25) is 0 Å². The second kappa shape index (κ2) is 9.92. The lowest BCUT2D eigenvalue weighted by Gasteiger charge is -2.35. The summed E-state index contributed by atoms with van der Waals surface area (Å²) in [4.78, 5) is -0.151. The number of aliphatic hydroxyl groups is 1. The normalized spacial score (nSPS) is 14.2. The van der Waals surface area contributed by atoms with Crippen molar-refractivity contribution in [2.45, 2.75) is 23.6 Å². The maximum atomic E-state index is 14.1. The van der Waals surface area contributed by atoms with Gasteiger partial charge in [0.1, 0.15) is 0 Å². The first kappa shape index (κ1) is 25.7. The molecule has 0 saturated heterocycles. The molecule has 4 rings (SSSR count). The van der Waals surface area contributed by atoms with Crippen molar-refractivity contribution >= 4 is 26.6 Å². The molecule has 0 aliphatic heterocycles. The summed E-state index contributed by atoms with van der Waals surface area (Å²) in [5.41, 5.74) is -1.60. The van der Waals surface area contributed by atoms with Crippen molar-refractivity contribution in [3.63, 3.8) is 0 Å². The monoisotopic (exact) mass is 518 g/mol. The van der Waals surface area contributed by atoms with Crippen LogP contribution < -0.4 is 5.32 Å². The number of para-hydroxylation sites is 1. The van der Waals surface area contributed by atoms with Gasteiger partial charge < -0.3 is 10.4 Å². The van der Waals surface area contributed by atoms with Crippen LogP contribution in [0.4, 0.5) is 18.9 Å². The summed E-state index contributed by atoms with van der Waals surface area (Å²) in [5.74, 6) is 0. The Kier molecular flexibility index (Phi) is 7.07. The van der Waals surface area contributed by atoms with Gasteiger partial charge >= 0.3 is 6.18 Å². The highest BCUT2D eigenvalue weighted by atomic mass is 32.2. The molecule has 36 heavy (non-hydrogen) atoms. The topological polar surface area (TPSA) is 87.5 Å². The predicted octanol–water partition coefficient (Wildman–Crippen LogP) is 4.44. The Labute approximate surface area is 206 Å². The van der Waals surface area contributed by atoms with Crippen LogP contribution in [0.25, 0.3) is 16.6 Å². The molecule has 0 fully saturated rings. The van der Waals surface area contributed by atoms with Gasteiger partial charge in [-0.1, -0.05) is 49.4 Å². The van der Waals surface area contributed by atoms with Crippen LogP contribution in [-0.4, -0.2) is 59.0 Å². The molecule has 1 atom stereocenters. The van der Waals surface area contributed by atoms with Crippen molar-refractivity contribution in [1.29, 1.82) is 0 Å². The Bertz CT molecular complexity index is 1430. The van der Waals surface area contributed by atoms with Gasteiger partial charge in [0.25, 0.3) is 0 Å². The van der Waals surface area contributed by atoms with E-state index in [0.717, 1.165) is 5.69 Å². The first-order valence-electron chi connectivity index (χ1n) is 11.2. The summed E-state index contributed by atoms with van der Waals surface area (Å²) >= 11 is 0. The van der Waals surface area contributed by atoms with E-state index in [2.05, 4.69) is 10.4 Å². The number of hydrogen-bond acceptors (Lipinski definition) is 5. The van der Waals surface area contributed by atoms with Crippen molar-refractivity contribution in [3.05, 3.63) is 85.1 Å². The molecule has 0 amide bonds. The number of aromatic nitrogens is 2. The van der Waals surface area contributed by atoms with Gasteiger partial charge in [-0.2, -0.15) is 22.6 Å². The van der Waals surface area contributed by atoms with Crippen LogP contribution in [0.3, 0.4) is 0 Å². The van der Waals surface area contributed by atoms with E-state index in [4.69, 9.17) is 0 Å². The molecule has 11 heteroatoms. The molecular weight excluding hydrogens is 493 g/mol. The number of rotatable bonds is 9. The number of nitrogens with one attached hydrogen (secondary N) is 1. The van der Waals surface area contributed by atoms with Gasteiger partial charge in [0, 0.05) is 17.6 Å². The van der Waals surface area contributed by atoms with Crippen LogP contribution >= 0.6 is 0 Å². The minimum atomic E-state index is -5.11. The average Bonchev–Trinajstić information content (AvgIpc) is 3.31. The van der Waals surface area contributed by atoms with E-state index in [-0.39, 0.29) is 11.4 Å². The molecule has 0 aliphatic rings. The number of hydrogen-bond donors (Lipinski definition) is 2. The summed E-state index contributed by atoms with van der Waals surface area (Å²) in [5, 5.41) is 18.3. The molecule has 1 unspecified atom stereocenters. The van der Waals surface area contributed by atoms with Crippen molar-refractivity contribution in [2.24, 2.45) is 0 Å². The molecule has 0 spiro atoms. The Morgan fingerprint density at radius 1 is 0.972 bits per heavy atom. The molecule has 2 N–H and O–H groups in total. The number of fused-ring (bicyclic) bond motifs is 1. The molecule has 4 aromatic rings. The van der Waals surface area contributed by atoms with Crippen LogP contribution in [0.2, 0.25) is 0 Å². The standard InChI is InChI=1S/C25H25F3N4O3S/c1-2-31(36(34,35)20-12-7-4-8-13-20)18-24(33,25(26,27)28)17-29-22-14-9-15-23-21(22)16-30-32(23)19-10-5-3-6-11-19/h3-16,29,33H,2,17-18H2,1H3. The van der Waals surface area contributed by atoms with E-state index < -0.39 is 34.9 Å². The van der Waals surface area contributed by atoms with Gasteiger partial charge in [-0.25, -0.2) is 13.1 Å². The lowest BCUT2D eigenvalue weighted by Crippen LogP contribution is -2.58. The summed E-state index contributed by atoms with van der Waals surface area (Å²) in [7, 11) is -4.26. The van der Waals surface area contributed by atoms with E-state index in [1.807, 2.05) is 30.3 Å². The maximum absolute atomic E-state index is 14.1. The Hall–Kier alpha value is -3.41. The summed E-state index contributed by atoms with van der Waals surface area (Å²) in [6.07, 6.45) is -3.59. The smallest absolute Gasteiger partial charge is 0.381 e. The van der Waals surface area contributed by atoms with E-state index in [1.165, 1.54) is 37.4 Å². The van der Waals surface area contributed by atoms with Crippen molar-refractivity contribution < 1.29 is 26.7 Å². The van der Waals surface area contributed by atoms with E-state index in [0.29, 0.717) is 20.9 Å². The number of likely N-dealkylation sites (N-methyl/N-ethyl adjacent to an activating group) is 1. The van der Waals surface area contributed by atoms with Crippen LogP contribution in [0.15, 0.2) is 90.0 Å².